The molecule has 0 aromatic heterocycles. The molecule has 8 nitrogen and oxygen atoms in total. The van der Waals surface area contributed by atoms with Gasteiger partial charge in [0, 0.05) is 5.56 Å². The van der Waals surface area contributed by atoms with Gasteiger partial charge in [-0.1, -0.05) is 94.1 Å². The number of oxime groups is 1. The second-order valence-corrected chi connectivity index (χ2v) is 8.13. The smallest absolute Gasteiger partial charge is 0.365 e. The van der Waals surface area contributed by atoms with Crippen LogP contribution in [0.5, 0.6) is 5.75 Å². The van der Waals surface area contributed by atoms with Crippen LogP contribution in [0.15, 0.2) is 119 Å². The summed E-state index contributed by atoms with van der Waals surface area (Å²) < 4.78 is 5.73. The quantitative estimate of drug-likeness (QED) is 0.0395. The van der Waals surface area contributed by atoms with E-state index >= 15 is 0 Å². The number of hydrogen-bond donors (Lipinski definition) is 0. The number of carbonyl (C=O) groups excluding carboxylic acids is 1. The van der Waals surface area contributed by atoms with Gasteiger partial charge in [-0.25, -0.2) is 4.79 Å². The summed E-state index contributed by atoms with van der Waals surface area (Å²) in [7, 11) is 0. The average molecular weight is 547 g/mol. The lowest BCUT2D eigenvalue weighted by molar-refractivity contribution is -0.176. The molecule has 2 rings (SSSR count). The first-order valence-electron chi connectivity index (χ1n) is 13.5. The Morgan fingerprint density at radius 2 is 1.88 bits per heavy atom. The SMILES string of the molecule is C=CC(=C)N(N=NC/C=C\C)OC(=O)C1=CC=C(/C=N/OC(=C)c2ccc(OCCCCC)cc2)CC=C1.CC. The molecule has 0 heterocycles. The number of ether oxygens (including phenoxy) is 1. The van der Waals surface area contributed by atoms with Gasteiger partial charge in [0.05, 0.1) is 30.6 Å². The molecule has 0 bridgehead atoms. The fourth-order valence-corrected chi connectivity index (χ4v) is 2.95. The number of carbonyl (C=O) groups is 1. The zero-order chi connectivity index (χ0) is 29.6. The standard InChI is InChI=1S/C30H36N4O4.C2H6/c1-6-9-11-22-36-29-19-17-27(18-20-29)25(5)37-32-23-26-13-12-14-28(16-15-26)30(35)38-34(24(4)8-3)33-31-21-10-7-2;1-2/h7-8,10,12,14-20,23H,3-6,9,11,13,21-22H2,1-2H3;1-2H3/b10-7-,32-23+,33-31?;. The van der Waals surface area contributed by atoms with Gasteiger partial charge in [0.15, 0.2) is 5.76 Å². The Hall–Kier alpha value is -4.46. The molecule has 8 heteroatoms. The van der Waals surface area contributed by atoms with E-state index in [9.17, 15) is 4.79 Å². The molecule has 0 radical (unpaired) electrons. The minimum atomic E-state index is -0.619. The van der Waals surface area contributed by atoms with Gasteiger partial charge in [-0.15, -0.1) is 0 Å². The van der Waals surface area contributed by atoms with Crippen molar-refractivity contribution in [2.75, 3.05) is 13.2 Å². The molecule has 1 aliphatic rings. The molecule has 0 aliphatic heterocycles. The summed E-state index contributed by atoms with van der Waals surface area (Å²) in [6.07, 6.45) is 17.4. The molecule has 0 atom stereocenters. The zero-order valence-corrected chi connectivity index (χ0v) is 24.2. The van der Waals surface area contributed by atoms with Gasteiger partial charge in [-0.2, -0.15) is 5.11 Å². The van der Waals surface area contributed by atoms with Gasteiger partial charge >= 0.3 is 5.97 Å². The highest BCUT2D eigenvalue weighted by atomic mass is 16.7. The van der Waals surface area contributed by atoms with Crippen LogP contribution in [0, 0.1) is 0 Å². The van der Waals surface area contributed by atoms with Crippen LogP contribution in [0.2, 0.25) is 0 Å². The first-order chi connectivity index (χ1) is 19.5. The monoisotopic (exact) mass is 546 g/mol. The van der Waals surface area contributed by atoms with Crippen molar-refractivity contribution >= 4 is 17.9 Å². The number of unbranched alkanes of at least 4 members (excludes halogenated alkanes) is 2. The minimum Gasteiger partial charge on any atom is -0.494 e. The number of benzene rings is 1. The van der Waals surface area contributed by atoms with Crippen LogP contribution in [0.1, 0.15) is 58.9 Å². The largest absolute Gasteiger partial charge is 0.494 e. The highest BCUT2D eigenvalue weighted by molar-refractivity contribution is 5.92. The third-order valence-electron chi connectivity index (χ3n) is 5.16. The Labute approximate surface area is 239 Å². The van der Waals surface area contributed by atoms with Crippen LogP contribution >= 0.6 is 0 Å². The highest BCUT2D eigenvalue weighted by Crippen LogP contribution is 2.20. The van der Waals surface area contributed by atoms with Crippen molar-refractivity contribution in [1.82, 2.24) is 5.17 Å². The van der Waals surface area contributed by atoms with Gasteiger partial charge < -0.3 is 14.4 Å². The highest BCUT2D eigenvalue weighted by Gasteiger charge is 2.16. The summed E-state index contributed by atoms with van der Waals surface area (Å²) >= 11 is 0. The van der Waals surface area contributed by atoms with Crippen LogP contribution in [0.25, 0.3) is 5.76 Å². The summed E-state index contributed by atoms with van der Waals surface area (Å²) in [5, 5.41) is 12.8. The molecule has 0 saturated heterocycles. The molecular formula is C32H42N4O4. The van der Waals surface area contributed by atoms with Gasteiger partial charge in [0.2, 0.25) is 0 Å². The molecule has 40 heavy (non-hydrogen) atoms. The van der Waals surface area contributed by atoms with Crippen molar-refractivity contribution in [3.8, 4) is 5.75 Å². The molecule has 0 fully saturated rings. The van der Waals surface area contributed by atoms with Crippen molar-refractivity contribution < 1.29 is 19.2 Å². The molecule has 1 aromatic rings. The third kappa shape index (κ3) is 12.9. The van der Waals surface area contributed by atoms with Crippen LogP contribution in [-0.4, -0.2) is 30.5 Å². The maximum atomic E-state index is 12.7. The molecule has 0 N–H and O–H groups in total. The first kappa shape index (κ1) is 33.6. The number of allylic oxidation sites excluding steroid dienone is 6. The molecule has 0 amide bonds. The Bertz CT molecular complexity index is 1140. The Morgan fingerprint density at radius 1 is 1.12 bits per heavy atom. The second-order valence-electron chi connectivity index (χ2n) is 8.13. The molecule has 0 spiro atoms. The van der Waals surface area contributed by atoms with E-state index < -0.39 is 5.97 Å². The van der Waals surface area contributed by atoms with E-state index in [0.29, 0.717) is 30.9 Å². The summed E-state index contributed by atoms with van der Waals surface area (Å²) in [4.78, 5) is 23.4. The van der Waals surface area contributed by atoms with E-state index in [-0.39, 0.29) is 5.70 Å². The lowest BCUT2D eigenvalue weighted by Crippen LogP contribution is -2.21. The molecular weight excluding hydrogens is 504 g/mol. The normalized spacial score (nSPS) is 12.7. The number of hydrogen-bond acceptors (Lipinski definition) is 7. The van der Waals surface area contributed by atoms with Crippen molar-refractivity contribution in [3.63, 3.8) is 0 Å². The number of hydroxylamine groups is 1. The van der Waals surface area contributed by atoms with E-state index in [1.54, 1.807) is 24.4 Å². The molecule has 1 aliphatic carbocycles. The fraction of sp³-hybridized carbons (Fsp3) is 0.312. The summed E-state index contributed by atoms with van der Waals surface area (Å²) in [6.45, 7) is 20.4. The molecule has 1 aromatic carbocycles. The predicted molar refractivity (Wildman–Crippen MR) is 163 cm³/mol. The Kier molecular flexibility index (Phi) is 17.2. The zero-order valence-electron chi connectivity index (χ0n) is 24.2. The fourth-order valence-electron chi connectivity index (χ4n) is 2.95. The van der Waals surface area contributed by atoms with Gasteiger partial charge in [0.1, 0.15) is 5.75 Å². The summed E-state index contributed by atoms with van der Waals surface area (Å²) in [5.41, 5.74) is 2.22. The maximum absolute atomic E-state index is 12.7. The van der Waals surface area contributed by atoms with E-state index in [2.05, 4.69) is 42.2 Å². The summed E-state index contributed by atoms with van der Waals surface area (Å²) in [6, 6.07) is 7.54. The molecule has 214 valence electrons. The maximum Gasteiger partial charge on any atom is 0.365 e. The predicted octanol–water partition coefficient (Wildman–Crippen LogP) is 8.47. The third-order valence-corrected chi connectivity index (χ3v) is 5.16. The van der Waals surface area contributed by atoms with Crippen molar-refractivity contribution in [2.24, 2.45) is 15.5 Å². The van der Waals surface area contributed by atoms with E-state index in [1.165, 1.54) is 6.08 Å². The lowest BCUT2D eigenvalue weighted by Gasteiger charge is -2.16. The lowest BCUT2D eigenvalue weighted by atomic mass is 10.2. The van der Waals surface area contributed by atoms with Gasteiger partial charge in [0.25, 0.3) is 0 Å². The summed E-state index contributed by atoms with van der Waals surface area (Å²) in [5.74, 6) is 0.604. The van der Waals surface area contributed by atoms with Crippen LogP contribution in [0.3, 0.4) is 0 Å². The molecule has 0 saturated carbocycles. The number of rotatable bonds is 16. The van der Waals surface area contributed by atoms with Crippen LogP contribution < -0.4 is 4.74 Å². The van der Waals surface area contributed by atoms with Crippen LogP contribution in [0.4, 0.5) is 0 Å². The first-order valence-corrected chi connectivity index (χ1v) is 13.5. The number of nitrogens with zero attached hydrogens (tertiary/aromatic N) is 4. The van der Waals surface area contributed by atoms with Crippen molar-refractivity contribution in [1.29, 1.82) is 0 Å². The van der Waals surface area contributed by atoms with Crippen LogP contribution in [-0.2, 0) is 14.5 Å². The van der Waals surface area contributed by atoms with E-state index in [4.69, 9.17) is 14.4 Å². The topological polar surface area (TPSA) is 85.1 Å². The second kappa shape index (κ2) is 20.5. The Balaban J connectivity index is 0.00000391. The average Bonchev–Trinajstić information content (AvgIpc) is 3.23. The molecule has 0 unspecified atom stereocenters. The van der Waals surface area contributed by atoms with E-state index in [0.717, 1.165) is 41.3 Å². The van der Waals surface area contributed by atoms with E-state index in [1.807, 2.05) is 63.3 Å². The van der Waals surface area contributed by atoms with Gasteiger partial charge in [-0.3, -0.25) is 0 Å². The van der Waals surface area contributed by atoms with Crippen molar-refractivity contribution in [2.45, 2.75) is 53.4 Å². The Morgan fingerprint density at radius 3 is 2.55 bits per heavy atom. The minimum absolute atomic E-state index is 0.274. The van der Waals surface area contributed by atoms with Crippen molar-refractivity contribution in [3.05, 3.63) is 109 Å². The van der Waals surface area contributed by atoms with Gasteiger partial charge in [-0.05, 0) is 67.0 Å².